The van der Waals surface area contributed by atoms with E-state index in [1.54, 1.807) is 12.1 Å². The number of amides is 1. The Morgan fingerprint density at radius 2 is 2.20 bits per heavy atom. The smallest absolute Gasteiger partial charge is 0.257 e. The van der Waals surface area contributed by atoms with E-state index in [-0.39, 0.29) is 17.5 Å². The third kappa shape index (κ3) is 2.35. The van der Waals surface area contributed by atoms with Gasteiger partial charge in [-0.3, -0.25) is 4.79 Å². The Hall–Kier alpha value is -2.40. The highest BCUT2D eigenvalue weighted by Crippen LogP contribution is 2.22. The summed E-state index contributed by atoms with van der Waals surface area (Å²) in [4.78, 5) is 16.3. The fourth-order valence-corrected chi connectivity index (χ4v) is 2.41. The fourth-order valence-electron chi connectivity index (χ4n) is 2.41. The van der Waals surface area contributed by atoms with Crippen molar-refractivity contribution in [2.45, 2.75) is 13.0 Å². The minimum absolute atomic E-state index is 0.0349. The molecule has 0 bridgehead atoms. The summed E-state index contributed by atoms with van der Waals surface area (Å²) in [5.74, 6) is -0.0888. The van der Waals surface area contributed by atoms with Crippen LogP contribution in [-0.4, -0.2) is 22.5 Å². The molecule has 1 amide bonds. The molecule has 0 fully saturated rings. The molecule has 1 aromatic heterocycles. The van der Waals surface area contributed by atoms with Crippen molar-refractivity contribution in [1.29, 1.82) is 0 Å². The number of hydrogen-bond acceptors (Lipinski definition) is 4. The lowest BCUT2D eigenvalue weighted by Gasteiger charge is -2.19. The van der Waals surface area contributed by atoms with Crippen LogP contribution in [0, 0.1) is 0 Å². The van der Waals surface area contributed by atoms with Gasteiger partial charge >= 0.3 is 0 Å². The Kier molecular flexibility index (Phi) is 3.35. The van der Waals surface area contributed by atoms with Crippen molar-refractivity contribution in [2.24, 2.45) is 0 Å². The van der Waals surface area contributed by atoms with Gasteiger partial charge in [0.2, 0.25) is 0 Å². The molecule has 5 heteroatoms. The van der Waals surface area contributed by atoms with Gasteiger partial charge in [-0.1, -0.05) is 12.1 Å². The molecule has 1 aromatic carbocycles. The number of carbonyl (C=O) groups excluding carboxylic acids is 1. The van der Waals surface area contributed by atoms with E-state index < -0.39 is 0 Å². The van der Waals surface area contributed by atoms with Crippen LogP contribution in [0.5, 0.6) is 5.75 Å². The van der Waals surface area contributed by atoms with E-state index in [0.29, 0.717) is 5.56 Å². The van der Waals surface area contributed by atoms with Crippen LogP contribution in [0.2, 0.25) is 0 Å². The molecule has 0 spiro atoms. The number of nitrogens with one attached hydrogen (secondary N) is 2. The Morgan fingerprint density at radius 3 is 3.05 bits per heavy atom. The summed E-state index contributed by atoms with van der Waals surface area (Å²) in [6.45, 7) is 1.65. The summed E-state index contributed by atoms with van der Waals surface area (Å²) in [7, 11) is 0. The first-order chi connectivity index (χ1) is 9.75. The average Bonchev–Trinajstić information content (AvgIpc) is 2.49. The molecule has 3 N–H and O–H groups in total. The number of fused-ring (bicyclic) bond motifs is 1. The largest absolute Gasteiger partial charge is 0.504 e. The zero-order chi connectivity index (χ0) is 13.9. The summed E-state index contributed by atoms with van der Waals surface area (Å²) in [5, 5.41) is 15.6. The quantitative estimate of drug-likeness (QED) is 0.775. The monoisotopic (exact) mass is 269 g/mol. The van der Waals surface area contributed by atoms with E-state index in [4.69, 9.17) is 0 Å². The first kappa shape index (κ1) is 12.6. The van der Waals surface area contributed by atoms with Gasteiger partial charge in [-0.05, 0) is 42.3 Å². The Balaban J connectivity index is 1.90. The third-order valence-corrected chi connectivity index (χ3v) is 3.40. The molecule has 3 rings (SSSR count). The summed E-state index contributed by atoms with van der Waals surface area (Å²) in [6.07, 6.45) is 2.35. The van der Waals surface area contributed by atoms with Crippen molar-refractivity contribution in [2.75, 3.05) is 11.9 Å². The number of aromatic nitrogens is 1. The SMILES string of the molecule is O=C(Nc1ncccc1O)c1cccc2c1CCNC2. The highest BCUT2D eigenvalue weighted by Gasteiger charge is 2.18. The van der Waals surface area contributed by atoms with Crippen LogP contribution in [0.3, 0.4) is 0 Å². The Morgan fingerprint density at radius 1 is 1.30 bits per heavy atom. The number of pyridine rings is 1. The van der Waals surface area contributed by atoms with Gasteiger partial charge in [0.1, 0.15) is 0 Å². The standard InChI is InChI=1S/C15H15N3O2/c19-13-5-2-7-17-14(13)18-15(20)12-4-1-3-10-9-16-8-6-11(10)12/h1-5,7,16,19H,6,8-9H2,(H,17,18,20). The number of anilines is 1. The first-order valence-corrected chi connectivity index (χ1v) is 6.52. The molecule has 1 aliphatic heterocycles. The maximum Gasteiger partial charge on any atom is 0.257 e. The molecule has 0 aliphatic carbocycles. The maximum absolute atomic E-state index is 12.4. The lowest BCUT2D eigenvalue weighted by molar-refractivity contribution is 0.102. The van der Waals surface area contributed by atoms with Crippen molar-refractivity contribution < 1.29 is 9.90 Å². The van der Waals surface area contributed by atoms with Crippen molar-refractivity contribution in [1.82, 2.24) is 10.3 Å². The molecule has 1 aliphatic rings. The molecular weight excluding hydrogens is 254 g/mol. The molecule has 2 aromatic rings. The molecule has 0 radical (unpaired) electrons. The van der Waals surface area contributed by atoms with E-state index in [9.17, 15) is 9.90 Å². The number of hydrogen-bond donors (Lipinski definition) is 3. The second-order valence-electron chi connectivity index (χ2n) is 4.70. The van der Waals surface area contributed by atoms with Gasteiger partial charge in [-0.25, -0.2) is 4.98 Å². The van der Waals surface area contributed by atoms with Gasteiger partial charge < -0.3 is 15.7 Å². The minimum atomic E-state index is -0.238. The molecule has 0 saturated heterocycles. The van der Waals surface area contributed by atoms with Crippen molar-refractivity contribution in [3.8, 4) is 5.75 Å². The summed E-state index contributed by atoms with van der Waals surface area (Å²) in [5.41, 5.74) is 2.86. The number of benzene rings is 1. The Bertz CT molecular complexity index is 655. The predicted molar refractivity (Wildman–Crippen MR) is 75.7 cm³/mol. The average molecular weight is 269 g/mol. The summed E-state index contributed by atoms with van der Waals surface area (Å²) < 4.78 is 0. The molecule has 0 saturated carbocycles. The van der Waals surface area contributed by atoms with Crippen LogP contribution in [-0.2, 0) is 13.0 Å². The second-order valence-corrected chi connectivity index (χ2v) is 4.70. The lowest BCUT2D eigenvalue weighted by atomic mass is 9.95. The zero-order valence-electron chi connectivity index (χ0n) is 10.9. The summed E-state index contributed by atoms with van der Waals surface area (Å²) in [6, 6.07) is 8.81. The van der Waals surface area contributed by atoms with Crippen molar-refractivity contribution in [3.63, 3.8) is 0 Å². The van der Waals surface area contributed by atoms with Crippen LogP contribution in [0.4, 0.5) is 5.82 Å². The van der Waals surface area contributed by atoms with Gasteiger partial charge in [0.15, 0.2) is 11.6 Å². The highest BCUT2D eigenvalue weighted by atomic mass is 16.3. The zero-order valence-corrected chi connectivity index (χ0v) is 10.9. The normalized spacial score (nSPS) is 13.6. The third-order valence-electron chi connectivity index (χ3n) is 3.40. The van der Waals surface area contributed by atoms with Gasteiger partial charge in [0.25, 0.3) is 5.91 Å². The molecule has 5 nitrogen and oxygen atoms in total. The van der Waals surface area contributed by atoms with Crippen molar-refractivity contribution in [3.05, 3.63) is 53.2 Å². The van der Waals surface area contributed by atoms with E-state index >= 15 is 0 Å². The number of carbonyl (C=O) groups is 1. The maximum atomic E-state index is 12.4. The second kappa shape index (κ2) is 5.30. The first-order valence-electron chi connectivity index (χ1n) is 6.52. The Labute approximate surface area is 116 Å². The topological polar surface area (TPSA) is 74.2 Å². The molecule has 0 unspecified atom stereocenters. The van der Waals surface area contributed by atoms with Crippen LogP contribution in [0.15, 0.2) is 36.5 Å². The molecule has 20 heavy (non-hydrogen) atoms. The lowest BCUT2D eigenvalue weighted by Crippen LogP contribution is -2.26. The van der Waals surface area contributed by atoms with Crippen LogP contribution < -0.4 is 10.6 Å². The minimum Gasteiger partial charge on any atom is -0.504 e. The van der Waals surface area contributed by atoms with E-state index in [1.807, 2.05) is 12.1 Å². The van der Waals surface area contributed by atoms with Crippen LogP contribution in [0.1, 0.15) is 21.5 Å². The molecular formula is C15H15N3O2. The number of rotatable bonds is 2. The van der Waals surface area contributed by atoms with Gasteiger partial charge in [-0.15, -0.1) is 0 Å². The van der Waals surface area contributed by atoms with Gasteiger partial charge in [0.05, 0.1) is 0 Å². The molecule has 102 valence electrons. The summed E-state index contributed by atoms with van der Waals surface area (Å²) >= 11 is 0. The highest BCUT2D eigenvalue weighted by molar-refractivity contribution is 6.05. The fraction of sp³-hybridized carbons (Fsp3) is 0.200. The van der Waals surface area contributed by atoms with Crippen LogP contribution in [0.25, 0.3) is 0 Å². The van der Waals surface area contributed by atoms with Crippen molar-refractivity contribution >= 4 is 11.7 Å². The number of aromatic hydroxyl groups is 1. The van der Waals surface area contributed by atoms with E-state index in [1.165, 1.54) is 12.3 Å². The number of nitrogens with zero attached hydrogens (tertiary/aromatic N) is 1. The van der Waals surface area contributed by atoms with Gasteiger partial charge in [0, 0.05) is 18.3 Å². The molecule has 2 heterocycles. The van der Waals surface area contributed by atoms with E-state index in [0.717, 1.165) is 30.6 Å². The van der Waals surface area contributed by atoms with Crippen LogP contribution >= 0.6 is 0 Å². The molecule has 0 atom stereocenters. The predicted octanol–water partition coefficient (Wildman–Crippen LogP) is 1.69. The van der Waals surface area contributed by atoms with E-state index in [2.05, 4.69) is 15.6 Å². The van der Waals surface area contributed by atoms with Gasteiger partial charge in [-0.2, -0.15) is 0 Å².